The molecule has 0 aliphatic carbocycles. The molecule has 0 radical (unpaired) electrons. The first-order chi connectivity index (χ1) is 3.27. The van der Waals surface area contributed by atoms with Gasteiger partial charge in [0.1, 0.15) is 0 Å². The van der Waals surface area contributed by atoms with Crippen LogP contribution >= 0.6 is 0 Å². The first-order valence-corrected chi connectivity index (χ1v) is 2.26. The molecular weight excluding hydrogens is 88.1 g/mol. The second-order valence-corrected chi connectivity index (χ2v) is 1.53. The smallest absolute Gasteiger partial charge is 0.0686 e. The Kier molecular flexibility index (Phi) is 3.39. The molecule has 0 fully saturated rings. The highest BCUT2D eigenvalue weighted by molar-refractivity contribution is 4.93. The molecule has 0 aliphatic rings. The van der Waals surface area contributed by atoms with E-state index >= 15 is 0 Å². The van der Waals surface area contributed by atoms with E-state index in [1.807, 2.05) is 13.8 Å². The van der Waals surface area contributed by atoms with Gasteiger partial charge in [0.25, 0.3) is 0 Å². The lowest BCUT2D eigenvalue weighted by Crippen LogP contribution is -1.66. The van der Waals surface area contributed by atoms with Gasteiger partial charge in [0.05, 0.1) is 6.61 Å². The fraction of sp³-hybridized carbons (Fsp3) is 0.500. The second kappa shape index (κ2) is 3.66. The van der Waals surface area contributed by atoms with Gasteiger partial charge in [-0.3, -0.25) is 0 Å². The van der Waals surface area contributed by atoms with Gasteiger partial charge in [-0.25, -0.2) is 0 Å². The minimum Gasteiger partial charge on any atom is -0.392 e. The van der Waals surface area contributed by atoms with Crippen molar-refractivity contribution in [3.8, 4) is 0 Å². The molecule has 0 saturated heterocycles. The lowest BCUT2D eigenvalue weighted by molar-refractivity contribution is 0.343. The van der Waals surface area contributed by atoms with Crippen LogP contribution in [0.15, 0.2) is 17.4 Å². The molecule has 0 rings (SSSR count). The van der Waals surface area contributed by atoms with Crippen molar-refractivity contribution in [3.05, 3.63) is 17.4 Å². The summed E-state index contributed by atoms with van der Waals surface area (Å²) in [7, 11) is 0. The average Bonchev–Trinajstić information content (AvgIpc) is 1.61. The summed E-state index contributed by atoms with van der Waals surface area (Å²) >= 11 is 0. The minimum atomic E-state index is 0.0885. The maximum atomic E-state index is 8.18. The van der Waals surface area contributed by atoms with Crippen molar-refractivity contribution in [1.82, 2.24) is 0 Å². The SMILES string of the molecule is CC(C)=C=CCO. The lowest BCUT2D eigenvalue weighted by atomic mass is 10.4. The normalized spacial score (nSPS) is 7.29. The first kappa shape index (κ1) is 6.48. The van der Waals surface area contributed by atoms with Crippen LogP contribution in [-0.2, 0) is 0 Å². The number of aliphatic hydroxyl groups is 1. The van der Waals surface area contributed by atoms with Gasteiger partial charge in [-0.2, -0.15) is 0 Å². The van der Waals surface area contributed by atoms with Crippen LogP contribution < -0.4 is 0 Å². The van der Waals surface area contributed by atoms with Crippen molar-refractivity contribution >= 4 is 0 Å². The summed E-state index contributed by atoms with van der Waals surface area (Å²) in [4.78, 5) is 0. The monoisotopic (exact) mass is 98.1 g/mol. The zero-order valence-corrected chi connectivity index (χ0v) is 4.73. The Hall–Kier alpha value is -0.520. The summed E-state index contributed by atoms with van der Waals surface area (Å²) in [6.07, 6.45) is 1.59. The van der Waals surface area contributed by atoms with E-state index in [-0.39, 0.29) is 6.61 Å². The molecular formula is C6H10O. The van der Waals surface area contributed by atoms with E-state index in [2.05, 4.69) is 5.73 Å². The van der Waals surface area contributed by atoms with Crippen molar-refractivity contribution in [2.75, 3.05) is 6.61 Å². The Morgan fingerprint density at radius 1 is 1.71 bits per heavy atom. The van der Waals surface area contributed by atoms with Crippen LogP contribution in [0.3, 0.4) is 0 Å². The highest BCUT2D eigenvalue weighted by Gasteiger charge is 1.64. The third kappa shape index (κ3) is 5.48. The van der Waals surface area contributed by atoms with Crippen LogP contribution in [-0.4, -0.2) is 11.7 Å². The summed E-state index contributed by atoms with van der Waals surface area (Å²) < 4.78 is 0. The van der Waals surface area contributed by atoms with Crippen molar-refractivity contribution in [1.29, 1.82) is 0 Å². The number of hydrogen-bond donors (Lipinski definition) is 1. The first-order valence-electron chi connectivity index (χ1n) is 2.26. The lowest BCUT2D eigenvalue weighted by Gasteiger charge is -1.73. The summed E-state index contributed by atoms with van der Waals surface area (Å²) in [6, 6.07) is 0. The van der Waals surface area contributed by atoms with Gasteiger partial charge < -0.3 is 5.11 Å². The van der Waals surface area contributed by atoms with Crippen molar-refractivity contribution in [2.45, 2.75) is 13.8 Å². The van der Waals surface area contributed by atoms with Crippen LogP contribution in [0.25, 0.3) is 0 Å². The van der Waals surface area contributed by atoms with E-state index in [0.29, 0.717) is 0 Å². The molecule has 0 heterocycles. The molecule has 0 atom stereocenters. The molecule has 0 unspecified atom stereocenters. The van der Waals surface area contributed by atoms with Gasteiger partial charge in [0, 0.05) is 0 Å². The van der Waals surface area contributed by atoms with Crippen LogP contribution in [0.4, 0.5) is 0 Å². The van der Waals surface area contributed by atoms with Gasteiger partial charge in [0.15, 0.2) is 0 Å². The predicted octanol–water partition coefficient (Wildman–Crippen LogP) is 1.10. The Labute approximate surface area is 44.0 Å². The fourth-order valence-corrected chi connectivity index (χ4v) is 0.250. The minimum absolute atomic E-state index is 0.0885. The Balaban J connectivity index is 3.62. The highest BCUT2D eigenvalue weighted by atomic mass is 16.2. The molecule has 0 aromatic rings. The zero-order chi connectivity index (χ0) is 5.70. The Morgan fingerprint density at radius 3 is 2.43 bits per heavy atom. The molecule has 1 heteroatoms. The standard InChI is InChI=1S/C6H10O/c1-6(2)4-3-5-7/h3,7H,5H2,1-2H3. The predicted molar refractivity (Wildman–Crippen MR) is 30.0 cm³/mol. The van der Waals surface area contributed by atoms with Crippen LogP contribution in [0.2, 0.25) is 0 Å². The van der Waals surface area contributed by atoms with Crippen molar-refractivity contribution in [2.24, 2.45) is 0 Å². The highest BCUT2D eigenvalue weighted by Crippen LogP contribution is 1.80. The summed E-state index contributed by atoms with van der Waals surface area (Å²) in [5.41, 5.74) is 3.93. The van der Waals surface area contributed by atoms with Crippen LogP contribution in [0, 0.1) is 0 Å². The molecule has 0 aromatic heterocycles. The summed E-state index contributed by atoms with van der Waals surface area (Å²) in [5, 5.41) is 8.18. The Bertz CT molecular complexity index is 92.7. The van der Waals surface area contributed by atoms with E-state index in [1.165, 1.54) is 0 Å². The van der Waals surface area contributed by atoms with E-state index in [4.69, 9.17) is 5.11 Å². The van der Waals surface area contributed by atoms with E-state index in [0.717, 1.165) is 5.57 Å². The topological polar surface area (TPSA) is 20.2 Å². The van der Waals surface area contributed by atoms with Crippen molar-refractivity contribution in [3.63, 3.8) is 0 Å². The molecule has 1 N–H and O–H groups in total. The van der Waals surface area contributed by atoms with Gasteiger partial charge in [-0.05, 0) is 25.5 Å². The van der Waals surface area contributed by atoms with Gasteiger partial charge in [0.2, 0.25) is 0 Å². The second-order valence-electron chi connectivity index (χ2n) is 1.53. The molecule has 0 bridgehead atoms. The molecule has 0 amide bonds. The van der Waals surface area contributed by atoms with Gasteiger partial charge in [-0.1, -0.05) is 0 Å². The summed E-state index contributed by atoms with van der Waals surface area (Å²) in [6.45, 7) is 3.96. The molecule has 0 aromatic carbocycles. The Morgan fingerprint density at radius 2 is 2.29 bits per heavy atom. The fourth-order valence-electron chi connectivity index (χ4n) is 0.250. The maximum Gasteiger partial charge on any atom is 0.0686 e. The maximum absolute atomic E-state index is 8.18. The molecule has 7 heavy (non-hydrogen) atoms. The van der Waals surface area contributed by atoms with Gasteiger partial charge in [-0.15, -0.1) is 5.73 Å². The van der Waals surface area contributed by atoms with Crippen LogP contribution in [0.1, 0.15) is 13.8 Å². The molecule has 0 aliphatic heterocycles. The quantitative estimate of drug-likeness (QED) is 0.487. The van der Waals surface area contributed by atoms with E-state index in [1.54, 1.807) is 6.08 Å². The zero-order valence-electron chi connectivity index (χ0n) is 4.73. The van der Waals surface area contributed by atoms with E-state index < -0.39 is 0 Å². The largest absolute Gasteiger partial charge is 0.392 e. The number of hydrogen-bond acceptors (Lipinski definition) is 1. The van der Waals surface area contributed by atoms with Gasteiger partial charge >= 0.3 is 0 Å². The van der Waals surface area contributed by atoms with E-state index in [9.17, 15) is 0 Å². The molecule has 40 valence electrons. The molecule has 0 spiro atoms. The summed E-state index contributed by atoms with van der Waals surface area (Å²) in [5.74, 6) is 0. The van der Waals surface area contributed by atoms with Crippen LogP contribution in [0.5, 0.6) is 0 Å². The average molecular weight is 98.1 g/mol. The molecule has 1 nitrogen and oxygen atoms in total. The third-order valence-electron chi connectivity index (χ3n) is 0.482. The third-order valence-corrected chi connectivity index (χ3v) is 0.482. The number of rotatable bonds is 1. The molecule has 0 saturated carbocycles. The van der Waals surface area contributed by atoms with Crippen molar-refractivity contribution < 1.29 is 5.11 Å². The number of aliphatic hydroxyl groups excluding tert-OH is 1.